The monoisotopic (exact) mass is 468 g/mol. The zero-order valence-electron chi connectivity index (χ0n) is 16.3. The second kappa shape index (κ2) is 9.51. The van der Waals surface area contributed by atoms with Crippen LogP contribution in [0.15, 0.2) is 23.6 Å². The van der Waals surface area contributed by atoms with E-state index in [2.05, 4.69) is 10.3 Å². The van der Waals surface area contributed by atoms with Crippen LogP contribution in [-0.4, -0.2) is 66.0 Å². The first-order valence-corrected chi connectivity index (χ1v) is 11.5. The van der Waals surface area contributed by atoms with Gasteiger partial charge in [0.25, 0.3) is 5.91 Å². The van der Waals surface area contributed by atoms with E-state index < -0.39 is 0 Å². The minimum absolute atomic E-state index is 0.121. The summed E-state index contributed by atoms with van der Waals surface area (Å²) < 4.78 is 5.33. The molecule has 2 fully saturated rings. The molecule has 2 aliphatic rings. The van der Waals surface area contributed by atoms with Gasteiger partial charge in [-0.15, -0.1) is 11.3 Å². The fourth-order valence-corrected chi connectivity index (χ4v) is 4.70. The summed E-state index contributed by atoms with van der Waals surface area (Å²) in [6.45, 7) is 3.47. The van der Waals surface area contributed by atoms with Gasteiger partial charge >= 0.3 is 0 Å². The zero-order valence-corrected chi connectivity index (χ0v) is 18.6. The molecule has 2 aromatic rings. The molecule has 7 nitrogen and oxygen atoms in total. The number of likely N-dealkylation sites (tertiary alicyclic amines) is 1. The van der Waals surface area contributed by atoms with Crippen LogP contribution in [0, 0.1) is 5.92 Å². The number of carbonyl (C=O) groups excluding carboxylic acids is 2. The van der Waals surface area contributed by atoms with Crippen molar-refractivity contribution < 1.29 is 14.3 Å². The third kappa shape index (κ3) is 4.88. The summed E-state index contributed by atoms with van der Waals surface area (Å²) in [6.07, 6.45) is 1.62. The van der Waals surface area contributed by atoms with Crippen molar-refractivity contribution in [2.24, 2.45) is 5.92 Å². The summed E-state index contributed by atoms with van der Waals surface area (Å²) in [5, 5.41) is 6.38. The molecule has 0 saturated carbocycles. The molecule has 160 valence electrons. The fourth-order valence-electron chi connectivity index (χ4n) is 3.69. The summed E-state index contributed by atoms with van der Waals surface area (Å²) in [4.78, 5) is 33.8. The predicted octanol–water partition coefficient (Wildman–Crippen LogP) is 3.90. The number of amides is 2. The lowest BCUT2D eigenvalue weighted by Gasteiger charge is -2.36. The van der Waals surface area contributed by atoms with E-state index in [1.165, 1.54) is 11.3 Å². The number of piperidine rings is 1. The molecule has 30 heavy (non-hydrogen) atoms. The number of ether oxygens (including phenoxy) is 1. The van der Waals surface area contributed by atoms with Crippen LogP contribution in [0.2, 0.25) is 10.0 Å². The standard InChI is InChI=1S/C20H22Cl2N4O3S/c21-15-4-3-14(10-16(15)22)23-20-24-17(12-30-20)19(28)26-5-1-2-13(11-26)18(27)25-6-8-29-9-7-25/h3-4,10,12-13H,1-2,5-9,11H2,(H,23,24). The van der Waals surface area contributed by atoms with Gasteiger partial charge < -0.3 is 19.9 Å². The number of aromatic nitrogens is 1. The molecule has 2 aliphatic heterocycles. The Labute approximate surface area is 188 Å². The first kappa shape index (κ1) is 21.4. The van der Waals surface area contributed by atoms with Crippen molar-refractivity contribution in [1.29, 1.82) is 0 Å². The molecular weight excluding hydrogens is 447 g/mol. The molecule has 0 aliphatic carbocycles. The minimum Gasteiger partial charge on any atom is -0.378 e. The number of anilines is 2. The van der Waals surface area contributed by atoms with Crippen molar-refractivity contribution in [3.05, 3.63) is 39.3 Å². The topological polar surface area (TPSA) is 74.8 Å². The van der Waals surface area contributed by atoms with Gasteiger partial charge in [0.05, 0.1) is 29.2 Å². The second-order valence-electron chi connectivity index (χ2n) is 7.32. The highest BCUT2D eigenvalue weighted by molar-refractivity contribution is 7.14. The average molecular weight is 469 g/mol. The van der Waals surface area contributed by atoms with Gasteiger partial charge in [-0.1, -0.05) is 23.2 Å². The minimum atomic E-state index is -0.159. The highest BCUT2D eigenvalue weighted by Crippen LogP contribution is 2.29. The molecule has 3 heterocycles. The van der Waals surface area contributed by atoms with Gasteiger partial charge in [0, 0.05) is 37.2 Å². The van der Waals surface area contributed by atoms with Crippen molar-refractivity contribution in [3.8, 4) is 0 Å². The van der Waals surface area contributed by atoms with Crippen molar-refractivity contribution in [1.82, 2.24) is 14.8 Å². The maximum Gasteiger partial charge on any atom is 0.273 e. The van der Waals surface area contributed by atoms with E-state index in [0.29, 0.717) is 60.3 Å². The molecule has 1 unspecified atom stereocenters. The van der Waals surface area contributed by atoms with Gasteiger partial charge in [0.15, 0.2) is 5.13 Å². The van der Waals surface area contributed by atoms with Crippen LogP contribution in [0.3, 0.4) is 0 Å². The van der Waals surface area contributed by atoms with Crippen LogP contribution in [0.1, 0.15) is 23.3 Å². The van der Waals surface area contributed by atoms with E-state index in [4.69, 9.17) is 27.9 Å². The lowest BCUT2D eigenvalue weighted by molar-refractivity contribution is -0.141. The van der Waals surface area contributed by atoms with Crippen molar-refractivity contribution >= 4 is 57.2 Å². The highest BCUT2D eigenvalue weighted by atomic mass is 35.5. The van der Waals surface area contributed by atoms with Gasteiger partial charge in [-0.3, -0.25) is 9.59 Å². The average Bonchev–Trinajstić information content (AvgIpc) is 3.24. The Bertz CT molecular complexity index is 933. The van der Waals surface area contributed by atoms with E-state index in [1.54, 1.807) is 28.5 Å². The van der Waals surface area contributed by atoms with Crippen molar-refractivity contribution in [2.45, 2.75) is 12.8 Å². The Morgan fingerprint density at radius 2 is 1.93 bits per heavy atom. The number of nitrogens with zero attached hydrogens (tertiary/aromatic N) is 3. The largest absolute Gasteiger partial charge is 0.378 e. The lowest BCUT2D eigenvalue weighted by Crippen LogP contribution is -2.49. The molecule has 0 radical (unpaired) electrons. The Morgan fingerprint density at radius 1 is 1.13 bits per heavy atom. The Balaban J connectivity index is 1.39. The first-order chi connectivity index (χ1) is 14.5. The van der Waals surface area contributed by atoms with E-state index in [1.807, 2.05) is 4.90 Å². The molecule has 0 bridgehead atoms. The number of nitrogens with one attached hydrogen (secondary N) is 1. The molecule has 1 aromatic heterocycles. The van der Waals surface area contributed by atoms with Gasteiger partial charge in [0.2, 0.25) is 5.91 Å². The smallest absolute Gasteiger partial charge is 0.273 e. The summed E-state index contributed by atoms with van der Waals surface area (Å²) in [5.41, 5.74) is 1.12. The number of benzene rings is 1. The molecule has 10 heteroatoms. The van der Waals surface area contributed by atoms with E-state index in [9.17, 15) is 9.59 Å². The molecule has 2 saturated heterocycles. The van der Waals surface area contributed by atoms with Gasteiger partial charge in [0.1, 0.15) is 5.69 Å². The molecule has 1 aromatic carbocycles. The van der Waals surface area contributed by atoms with E-state index in [0.717, 1.165) is 18.5 Å². The molecule has 1 atom stereocenters. The number of hydrogen-bond acceptors (Lipinski definition) is 6. The van der Waals surface area contributed by atoms with Gasteiger partial charge in [-0.05, 0) is 31.0 Å². The van der Waals surface area contributed by atoms with Gasteiger partial charge in [-0.25, -0.2) is 4.98 Å². The van der Waals surface area contributed by atoms with Crippen molar-refractivity contribution in [3.63, 3.8) is 0 Å². The summed E-state index contributed by atoms with van der Waals surface area (Å²) in [7, 11) is 0. The molecule has 0 spiro atoms. The van der Waals surface area contributed by atoms with Crippen LogP contribution in [0.5, 0.6) is 0 Å². The first-order valence-electron chi connectivity index (χ1n) is 9.84. The number of carbonyl (C=O) groups is 2. The van der Waals surface area contributed by atoms with E-state index in [-0.39, 0.29) is 17.7 Å². The summed E-state index contributed by atoms with van der Waals surface area (Å²) in [6, 6.07) is 5.20. The SMILES string of the molecule is O=C(c1csc(Nc2ccc(Cl)c(Cl)c2)n1)N1CCCC(C(=O)N2CCOCC2)C1. The number of thiazole rings is 1. The number of hydrogen-bond donors (Lipinski definition) is 1. The van der Waals surface area contributed by atoms with Crippen LogP contribution in [0.4, 0.5) is 10.8 Å². The van der Waals surface area contributed by atoms with Crippen LogP contribution >= 0.6 is 34.5 Å². The number of morpholine rings is 1. The number of rotatable bonds is 4. The quantitative estimate of drug-likeness (QED) is 0.735. The second-order valence-corrected chi connectivity index (χ2v) is 8.99. The Morgan fingerprint density at radius 3 is 2.70 bits per heavy atom. The Kier molecular flexibility index (Phi) is 6.77. The third-order valence-corrected chi connectivity index (χ3v) is 6.77. The van der Waals surface area contributed by atoms with Gasteiger partial charge in [-0.2, -0.15) is 0 Å². The van der Waals surface area contributed by atoms with Crippen LogP contribution < -0.4 is 5.32 Å². The summed E-state index contributed by atoms with van der Waals surface area (Å²) in [5.74, 6) is -0.183. The molecule has 4 rings (SSSR count). The normalized spacial score (nSPS) is 19.6. The Hall–Kier alpha value is -1.87. The molecule has 2 amide bonds. The van der Waals surface area contributed by atoms with Crippen LogP contribution in [-0.2, 0) is 9.53 Å². The lowest BCUT2D eigenvalue weighted by atomic mass is 9.96. The maximum absolute atomic E-state index is 13.0. The van der Waals surface area contributed by atoms with E-state index >= 15 is 0 Å². The summed E-state index contributed by atoms with van der Waals surface area (Å²) >= 11 is 13.3. The van der Waals surface area contributed by atoms with Crippen molar-refractivity contribution in [2.75, 3.05) is 44.7 Å². The highest BCUT2D eigenvalue weighted by Gasteiger charge is 2.32. The number of halogens is 2. The molecular formula is C20H22Cl2N4O3S. The predicted molar refractivity (Wildman–Crippen MR) is 118 cm³/mol. The fraction of sp³-hybridized carbons (Fsp3) is 0.450. The van der Waals surface area contributed by atoms with Crippen LogP contribution in [0.25, 0.3) is 0 Å². The molecule has 1 N–H and O–H groups in total. The third-order valence-electron chi connectivity index (χ3n) is 5.27. The maximum atomic E-state index is 13.0. The zero-order chi connectivity index (χ0) is 21.1.